The minimum absolute atomic E-state index is 0.709. The van der Waals surface area contributed by atoms with Gasteiger partial charge in [0.1, 0.15) is 0 Å². The normalized spacial score (nSPS) is 13.1. The van der Waals surface area contributed by atoms with Crippen LogP contribution in [-0.2, 0) is 5.41 Å². The Bertz CT molecular complexity index is 3120. The highest BCUT2D eigenvalue weighted by atomic mass is 32.2. The second kappa shape index (κ2) is 13.8. The van der Waals surface area contributed by atoms with Crippen molar-refractivity contribution in [3.05, 3.63) is 229 Å². The van der Waals surface area contributed by atoms with Crippen molar-refractivity contribution in [1.82, 2.24) is 19.9 Å². The van der Waals surface area contributed by atoms with Crippen molar-refractivity contribution >= 4 is 22.5 Å². The van der Waals surface area contributed by atoms with Gasteiger partial charge in [0.05, 0.1) is 5.41 Å². The van der Waals surface area contributed by atoms with Crippen molar-refractivity contribution < 1.29 is 0 Å². The van der Waals surface area contributed by atoms with Gasteiger partial charge in [-0.05, 0) is 84.6 Å². The zero-order valence-corrected chi connectivity index (χ0v) is 33.1. The molecule has 12 rings (SSSR count). The lowest BCUT2D eigenvalue weighted by atomic mass is 9.62. The van der Waals surface area contributed by atoms with Gasteiger partial charge in [0.2, 0.25) is 0 Å². The monoisotopic (exact) mass is 782 g/mol. The summed E-state index contributed by atoms with van der Waals surface area (Å²) >= 11 is 1.88. The van der Waals surface area contributed by atoms with Gasteiger partial charge in [-0.1, -0.05) is 176 Å². The number of fused-ring (bicyclic) bond motifs is 13. The van der Waals surface area contributed by atoms with E-state index in [1.807, 2.05) is 97.2 Å². The average molecular weight is 783 g/mol. The Hall–Kier alpha value is -7.47. The number of hydrogen-bond acceptors (Lipinski definition) is 5. The van der Waals surface area contributed by atoms with Crippen LogP contribution in [0.5, 0.6) is 0 Å². The third-order valence-electron chi connectivity index (χ3n) is 12.2. The molecule has 2 aromatic heterocycles. The Morgan fingerprint density at radius 1 is 0.333 bits per heavy atom. The third kappa shape index (κ3) is 5.33. The molecule has 0 bridgehead atoms. The Morgan fingerprint density at radius 3 is 1.42 bits per heavy atom. The van der Waals surface area contributed by atoms with E-state index in [0.29, 0.717) is 11.6 Å². The lowest BCUT2D eigenvalue weighted by Crippen LogP contribution is -2.35. The molecule has 1 spiro atoms. The van der Waals surface area contributed by atoms with Gasteiger partial charge in [0.25, 0.3) is 0 Å². The molecule has 280 valence electrons. The van der Waals surface area contributed by atoms with Gasteiger partial charge in [0, 0.05) is 56.8 Å². The molecule has 0 fully saturated rings. The van der Waals surface area contributed by atoms with Gasteiger partial charge >= 0.3 is 0 Å². The maximum absolute atomic E-state index is 4.88. The molecule has 0 radical (unpaired) electrons. The molecule has 1 aliphatic carbocycles. The Balaban J connectivity index is 1.17. The van der Waals surface area contributed by atoms with Crippen molar-refractivity contribution in [2.24, 2.45) is 0 Å². The van der Waals surface area contributed by atoms with Crippen molar-refractivity contribution in [2.45, 2.75) is 15.2 Å². The highest BCUT2D eigenvalue weighted by Crippen LogP contribution is 2.62. The SMILES string of the molecule is c1ccc(-c2ncc(-c3ccc4c(c3)C3(c5ccccc5Sc5c3ccc3ccccc53)c3cc(-c5cnc(-c6ccccc6)nc5)ccc3-c3ccccc3-4)cn2)cc1. The van der Waals surface area contributed by atoms with Gasteiger partial charge in [-0.15, -0.1) is 0 Å². The molecule has 1 aliphatic heterocycles. The summed E-state index contributed by atoms with van der Waals surface area (Å²) in [4.78, 5) is 22.0. The van der Waals surface area contributed by atoms with E-state index in [1.54, 1.807) is 0 Å². The van der Waals surface area contributed by atoms with Gasteiger partial charge in [0.15, 0.2) is 11.6 Å². The van der Waals surface area contributed by atoms with Crippen LogP contribution in [0.15, 0.2) is 217 Å². The second-order valence-electron chi connectivity index (χ2n) is 15.4. The lowest BCUT2D eigenvalue weighted by Gasteiger charge is -2.43. The standard InChI is InChI=1S/C55H34N4S/c1-3-14-36(15-4-1)53-56-31-40(32-57-53)38-23-26-45-43-19-9-10-20-44(43)46-27-24-39(41-33-58-54(59-34-41)37-16-5-2-6-17-37)30-50(46)55(49(45)29-38)47-21-11-12-22-51(47)60-52-42-18-8-7-13-35(42)25-28-48(52)55/h1-34H. The minimum atomic E-state index is -0.730. The van der Waals surface area contributed by atoms with Crippen LogP contribution < -0.4 is 0 Å². The molecule has 3 heterocycles. The predicted octanol–water partition coefficient (Wildman–Crippen LogP) is 13.6. The van der Waals surface area contributed by atoms with E-state index in [1.165, 1.54) is 65.1 Å². The average Bonchev–Trinajstić information content (AvgIpc) is 3.43. The molecular formula is C55H34N4S. The molecule has 5 heteroatoms. The van der Waals surface area contributed by atoms with Gasteiger partial charge < -0.3 is 0 Å². The summed E-state index contributed by atoms with van der Waals surface area (Å²) in [5.74, 6) is 1.42. The summed E-state index contributed by atoms with van der Waals surface area (Å²) in [6.45, 7) is 0. The minimum Gasteiger partial charge on any atom is -0.236 e. The number of hydrogen-bond donors (Lipinski definition) is 0. The number of aromatic nitrogens is 4. The Morgan fingerprint density at radius 2 is 0.833 bits per heavy atom. The molecule has 8 aromatic carbocycles. The Kier molecular flexibility index (Phi) is 7.97. The van der Waals surface area contributed by atoms with Gasteiger partial charge in [-0.25, -0.2) is 19.9 Å². The fourth-order valence-electron chi connectivity index (χ4n) is 9.41. The van der Waals surface area contributed by atoms with Crippen LogP contribution in [-0.4, -0.2) is 19.9 Å². The molecule has 0 amide bonds. The number of benzene rings is 8. The molecule has 0 saturated carbocycles. The number of rotatable bonds is 4. The molecule has 0 N–H and O–H groups in total. The smallest absolute Gasteiger partial charge is 0.159 e. The lowest BCUT2D eigenvalue weighted by molar-refractivity contribution is 0.712. The van der Waals surface area contributed by atoms with E-state index >= 15 is 0 Å². The first kappa shape index (κ1) is 34.6. The maximum atomic E-state index is 4.88. The van der Waals surface area contributed by atoms with Crippen LogP contribution >= 0.6 is 11.8 Å². The fourth-order valence-corrected chi connectivity index (χ4v) is 10.7. The molecule has 4 nitrogen and oxygen atoms in total. The van der Waals surface area contributed by atoms with E-state index in [2.05, 4.69) is 121 Å². The zero-order chi connectivity index (χ0) is 39.6. The summed E-state index contributed by atoms with van der Waals surface area (Å²) in [7, 11) is 0. The molecule has 60 heavy (non-hydrogen) atoms. The van der Waals surface area contributed by atoms with E-state index in [-0.39, 0.29) is 0 Å². The van der Waals surface area contributed by atoms with Crippen LogP contribution in [0.25, 0.3) is 78.1 Å². The van der Waals surface area contributed by atoms with Crippen LogP contribution in [0.4, 0.5) is 0 Å². The summed E-state index contributed by atoms with van der Waals surface area (Å²) in [6.07, 6.45) is 7.86. The first-order valence-corrected chi connectivity index (χ1v) is 21.0. The van der Waals surface area contributed by atoms with Crippen molar-refractivity contribution in [3.8, 4) is 67.3 Å². The van der Waals surface area contributed by atoms with E-state index in [4.69, 9.17) is 19.9 Å². The van der Waals surface area contributed by atoms with Crippen molar-refractivity contribution in [1.29, 1.82) is 0 Å². The summed E-state index contributed by atoms with van der Waals surface area (Å²) in [5.41, 5.74) is 15.1. The summed E-state index contributed by atoms with van der Waals surface area (Å²) in [6, 6.07) is 65.7. The topological polar surface area (TPSA) is 51.6 Å². The second-order valence-corrected chi connectivity index (χ2v) is 16.5. The van der Waals surface area contributed by atoms with E-state index in [9.17, 15) is 0 Å². The fraction of sp³-hybridized carbons (Fsp3) is 0.0182. The molecule has 10 aromatic rings. The molecule has 0 unspecified atom stereocenters. The highest BCUT2D eigenvalue weighted by molar-refractivity contribution is 7.99. The van der Waals surface area contributed by atoms with Gasteiger partial charge in [-0.3, -0.25) is 0 Å². The molecular weight excluding hydrogens is 749 g/mol. The first-order valence-electron chi connectivity index (χ1n) is 20.2. The van der Waals surface area contributed by atoms with Crippen LogP contribution in [0.1, 0.15) is 22.3 Å². The van der Waals surface area contributed by atoms with Crippen LogP contribution in [0, 0.1) is 0 Å². The summed E-state index contributed by atoms with van der Waals surface area (Å²) < 4.78 is 0. The van der Waals surface area contributed by atoms with E-state index < -0.39 is 5.41 Å². The Labute approximate surface area is 352 Å². The van der Waals surface area contributed by atoms with E-state index in [0.717, 1.165) is 33.4 Å². The first-order chi connectivity index (χ1) is 29.7. The maximum Gasteiger partial charge on any atom is 0.159 e. The highest BCUT2D eigenvalue weighted by Gasteiger charge is 2.49. The number of nitrogens with zero attached hydrogens (tertiary/aromatic N) is 4. The predicted molar refractivity (Wildman–Crippen MR) is 244 cm³/mol. The van der Waals surface area contributed by atoms with Crippen LogP contribution in [0.3, 0.4) is 0 Å². The molecule has 2 aliphatic rings. The molecule has 0 atom stereocenters. The summed E-state index contributed by atoms with van der Waals surface area (Å²) in [5, 5.41) is 2.48. The zero-order valence-electron chi connectivity index (χ0n) is 32.3. The van der Waals surface area contributed by atoms with Gasteiger partial charge in [-0.2, -0.15) is 0 Å². The molecule has 0 saturated heterocycles. The quantitative estimate of drug-likeness (QED) is 0.178. The largest absolute Gasteiger partial charge is 0.236 e. The third-order valence-corrected chi connectivity index (χ3v) is 13.4. The van der Waals surface area contributed by atoms with Crippen molar-refractivity contribution in [3.63, 3.8) is 0 Å². The van der Waals surface area contributed by atoms with Crippen LogP contribution in [0.2, 0.25) is 0 Å². The van der Waals surface area contributed by atoms with Crippen molar-refractivity contribution in [2.75, 3.05) is 0 Å².